The fourth-order valence-electron chi connectivity index (χ4n) is 3.99. The van der Waals surface area contributed by atoms with Crippen molar-refractivity contribution in [1.29, 1.82) is 0 Å². The highest BCUT2D eigenvalue weighted by molar-refractivity contribution is 7.89. The van der Waals surface area contributed by atoms with Gasteiger partial charge in [0.05, 0.1) is 21.0 Å². The molecule has 31 heavy (non-hydrogen) atoms. The maximum absolute atomic E-state index is 12.8. The standard InChI is InChI=1S/C22H26N4O3S2/c1-14-10-15(2)20-19(11-14)30-22(25-20)26-9-3-4-17(13-26)21(27)24-12-16-5-7-18(8-6-16)31(23,28)29/h5-8,10-11,17H,3-4,9,12-13H2,1-2H3,(H,24,27)(H2,23,28,29). The number of carbonyl (C=O) groups is 1. The van der Waals surface area contributed by atoms with Gasteiger partial charge in [-0.05, 0) is 61.6 Å². The summed E-state index contributed by atoms with van der Waals surface area (Å²) in [4.78, 5) is 19.9. The second-order valence-electron chi connectivity index (χ2n) is 8.12. The van der Waals surface area contributed by atoms with Crippen LogP contribution in [0.25, 0.3) is 10.2 Å². The largest absolute Gasteiger partial charge is 0.352 e. The van der Waals surface area contributed by atoms with Crippen molar-refractivity contribution in [3.63, 3.8) is 0 Å². The summed E-state index contributed by atoms with van der Waals surface area (Å²) in [5.74, 6) is -0.0966. The number of benzene rings is 2. The van der Waals surface area contributed by atoms with Crippen molar-refractivity contribution in [2.75, 3.05) is 18.0 Å². The van der Waals surface area contributed by atoms with Crippen LogP contribution in [0.5, 0.6) is 0 Å². The molecule has 1 amide bonds. The summed E-state index contributed by atoms with van der Waals surface area (Å²) in [5, 5.41) is 9.07. The van der Waals surface area contributed by atoms with Crippen molar-refractivity contribution in [3.8, 4) is 0 Å². The molecule has 1 aliphatic rings. The first-order chi connectivity index (χ1) is 14.7. The normalized spacial score (nSPS) is 17.1. The molecule has 2 heterocycles. The van der Waals surface area contributed by atoms with E-state index in [1.807, 2.05) is 0 Å². The number of primary sulfonamides is 1. The van der Waals surface area contributed by atoms with Crippen LogP contribution in [0, 0.1) is 19.8 Å². The van der Waals surface area contributed by atoms with Crippen LogP contribution in [0.4, 0.5) is 5.13 Å². The minimum absolute atomic E-state index is 0.00774. The number of hydrogen-bond donors (Lipinski definition) is 2. The molecule has 0 spiro atoms. The Labute approximate surface area is 186 Å². The van der Waals surface area contributed by atoms with Gasteiger partial charge in [-0.15, -0.1) is 0 Å². The lowest BCUT2D eigenvalue weighted by atomic mass is 9.97. The van der Waals surface area contributed by atoms with Crippen LogP contribution in [-0.4, -0.2) is 32.4 Å². The molecule has 1 aromatic heterocycles. The van der Waals surface area contributed by atoms with E-state index in [1.165, 1.54) is 28.0 Å². The number of rotatable bonds is 5. The first-order valence-corrected chi connectivity index (χ1v) is 12.6. The molecule has 1 saturated heterocycles. The van der Waals surface area contributed by atoms with Crippen LogP contribution < -0.4 is 15.4 Å². The molecule has 9 heteroatoms. The molecule has 1 fully saturated rings. The maximum atomic E-state index is 12.8. The van der Waals surface area contributed by atoms with E-state index in [-0.39, 0.29) is 16.7 Å². The van der Waals surface area contributed by atoms with Gasteiger partial charge in [-0.2, -0.15) is 0 Å². The van der Waals surface area contributed by atoms with Crippen molar-refractivity contribution < 1.29 is 13.2 Å². The van der Waals surface area contributed by atoms with E-state index < -0.39 is 10.0 Å². The van der Waals surface area contributed by atoms with Crippen LogP contribution in [0.15, 0.2) is 41.3 Å². The van der Waals surface area contributed by atoms with Crippen LogP contribution in [-0.2, 0) is 21.4 Å². The van der Waals surface area contributed by atoms with Crippen LogP contribution >= 0.6 is 11.3 Å². The first kappa shape index (κ1) is 21.7. The van der Waals surface area contributed by atoms with Crippen molar-refractivity contribution >= 4 is 42.6 Å². The van der Waals surface area contributed by atoms with E-state index in [1.54, 1.807) is 23.5 Å². The minimum atomic E-state index is -3.71. The molecule has 1 atom stereocenters. The Morgan fingerprint density at radius 2 is 2.00 bits per heavy atom. The van der Waals surface area contributed by atoms with Gasteiger partial charge in [0.25, 0.3) is 0 Å². The third-order valence-electron chi connectivity index (χ3n) is 5.60. The predicted molar refractivity (Wildman–Crippen MR) is 124 cm³/mol. The molecule has 0 radical (unpaired) electrons. The summed E-state index contributed by atoms with van der Waals surface area (Å²) in [6.07, 6.45) is 1.78. The number of nitrogens with zero attached hydrogens (tertiary/aromatic N) is 2. The Balaban J connectivity index is 1.40. The summed E-state index contributed by atoms with van der Waals surface area (Å²) >= 11 is 1.68. The fourth-order valence-corrected chi connectivity index (χ4v) is 5.68. The molecule has 2 aromatic carbocycles. The van der Waals surface area contributed by atoms with Crippen LogP contribution in [0.3, 0.4) is 0 Å². The number of aryl methyl sites for hydroxylation is 2. The zero-order chi connectivity index (χ0) is 22.2. The highest BCUT2D eigenvalue weighted by Crippen LogP contribution is 2.33. The molecular weight excluding hydrogens is 432 g/mol. The number of sulfonamides is 1. The van der Waals surface area contributed by atoms with Crippen molar-refractivity contribution in [1.82, 2.24) is 10.3 Å². The molecule has 3 N–H and O–H groups in total. The predicted octanol–water partition coefficient (Wildman–Crippen LogP) is 3.09. The second-order valence-corrected chi connectivity index (χ2v) is 10.7. The highest BCUT2D eigenvalue weighted by Gasteiger charge is 2.27. The maximum Gasteiger partial charge on any atom is 0.238 e. The molecule has 0 aliphatic carbocycles. The lowest BCUT2D eigenvalue weighted by molar-refractivity contribution is -0.125. The zero-order valence-corrected chi connectivity index (χ0v) is 19.2. The van der Waals surface area contributed by atoms with Crippen LogP contribution in [0.1, 0.15) is 29.5 Å². The molecule has 3 aromatic rings. The molecule has 7 nitrogen and oxygen atoms in total. The molecule has 1 unspecified atom stereocenters. The summed E-state index contributed by atoms with van der Waals surface area (Å²) < 4.78 is 23.9. The van der Waals surface area contributed by atoms with Gasteiger partial charge >= 0.3 is 0 Å². The quantitative estimate of drug-likeness (QED) is 0.611. The Morgan fingerprint density at radius 1 is 1.26 bits per heavy atom. The number of nitrogens with one attached hydrogen (secondary N) is 1. The van der Waals surface area contributed by atoms with Gasteiger partial charge in [0.15, 0.2) is 5.13 Å². The summed E-state index contributed by atoms with van der Waals surface area (Å²) in [7, 11) is -3.71. The monoisotopic (exact) mass is 458 g/mol. The lowest BCUT2D eigenvalue weighted by Gasteiger charge is -2.31. The summed E-state index contributed by atoms with van der Waals surface area (Å²) in [6, 6.07) is 10.6. The van der Waals surface area contributed by atoms with Gasteiger partial charge < -0.3 is 10.2 Å². The fraction of sp³-hybridized carbons (Fsp3) is 0.364. The lowest BCUT2D eigenvalue weighted by Crippen LogP contribution is -2.42. The van der Waals surface area contributed by atoms with Gasteiger partial charge in [-0.3, -0.25) is 4.79 Å². The van der Waals surface area contributed by atoms with Gasteiger partial charge in [-0.1, -0.05) is 29.5 Å². The minimum Gasteiger partial charge on any atom is -0.352 e. The average molecular weight is 459 g/mol. The first-order valence-electron chi connectivity index (χ1n) is 10.2. The molecule has 1 aliphatic heterocycles. The van der Waals surface area contributed by atoms with Crippen LogP contribution in [0.2, 0.25) is 0 Å². The number of carbonyl (C=O) groups excluding carboxylic acids is 1. The van der Waals surface area contributed by atoms with E-state index in [0.717, 1.165) is 35.6 Å². The van der Waals surface area contributed by atoms with Gasteiger partial charge in [0.2, 0.25) is 15.9 Å². The third-order valence-corrected chi connectivity index (χ3v) is 7.59. The third kappa shape index (κ3) is 4.89. The number of fused-ring (bicyclic) bond motifs is 1. The van der Waals surface area contributed by atoms with Gasteiger partial charge in [0.1, 0.15) is 0 Å². The van der Waals surface area contributed by atoms with E-state index in [9.17, 15) is 13.2 Å². The Morgan fingerprint density at radius 3 is 2.71 bits per heavy atom. The molecule has 4 rings (SSSR count). The van der Waals surface area contributed by atoms with Crippen molar-refractivity contribution in [2.24, 2.45) is 11.1 Å². The van der Waals surface area contributed by atoms with E-state index in [2.05, 4.69) is 36.2 Å². The topological polar surface area (TPSA) is 105 Å². The Kier molecular flexibility index (Phi) is 6.00. The molecular formula is C22H26N4O3S2. The smallest absolute Gasteiger partial charge is 0.238 e. The van der Waals surface area contributed by atoms with E-state index in [4.69, 9.17) is 10.1 Å². The number of hydrogen-bond acceptors (Lipinski definition) is 6. The SMILES string of the molecule is Cc1cc(C)c2nc(N3CCCC(C(=O)NCc4ccc(S(N)(=O)=O)cc4)C3)sc2c1. The zero-order valence-electron chi connectivity index (χ0n) is 17.6. The van der Waals surface area contributed by atoms with E-state index in [0.29, 0.717) is 13.1 Å². The van der Waals surface area contributed by atoms with Crippen molar-refractivity contribution in [3.05, 3.63) is 53.1 Å². The Bertz CT molecular complexity index is 1220. The molecule has 0 bridgehead atoms. The molecule has 0 saturated carbocycles. The number of nitrogens with two attached hydrogens (primary N) is 1. The number of piperidine rings is 1. The van der Waals surface area contributed by atoms with Crippen molar-refractivity contribution in [2.45, 2.75) is 38.1 Å². The summed E-state index contributed by atoms with van der Waals surface area (Å²) in [6.45, 7) is 6.07. The Hall–Kier alpha value is -2.49. The van der Waals surface area contributed by atoms with Gasteiger partial charge in [0, 0.05) is 19.6 Å². The number of amides is 1. The van der Waals surface area contributed by atoms with Gasteiger partial charge in [-0.25, -0.2) is 18.5 Å². The number of aromatic nitrogens is 1. The number of thiazole rings is 1. The number of anilines is 1. The average Bonchev–Trinajstić information content (AvgIpc) is 3.16. The molecule has 164 valence electrons. The summed E-state index contributed by atoms with van der Waals surface area (Å²) in [5.41, 5.74) is 4.27. The van der Waals surface area contributed by atoms with E-state index >= 15 is 0 Å². The highest BCUT2D eigenvalue weighted by atomic mass is 32.2. The second kappa shape index (κ2) is 8.57.